The second-order valence-corrected chi connectivity index (χ2v) is 4.00. The van der Waals surface area contributed by atoms with Crippen molar-refractivity contribution in [3.05, 3.63) is 35.6 Å². The summed E-state index contributed by atoms with van der Waals surface area (Å²) in [7, 11) is 1.62. The Morgan fingerprint density at radius 3 is 3.00 bits per heavy atom. The van der Waals surface area contributed by atoms with Crippen LogP contribution < -0.4 is 4.74 Å². The lowest BCUT2D eigenvalue weighted by Gasteiger charge is -2.06. The van der Waals surface area contributed by atoms with E-state index in [0.29, 0.717) is 11.6 Å². The van der Waals surface area contributed by atoms with E-state index in [-0.39, 0.29) is 6.61 Å². The van der Waals surface area contributed by atoms with Gasteiger partial charge in [0.05, 0.1) is 26.5 Å². The molecule has 1 aromatic carbocycles. The molecule has 17 heavy (non-hydrogen) atoms. The van der Waals surface area contributed by atoms with Crippen molar-refractivity contribution in [3.8, 4) is 16.9 Å². The second-order valence-electron chi connectivity index (χ2n) is 3.56. The third-order valence-corrected chi connectivity index (χ3v) is 2.67. The minimum absolute atomic E-state index is 0.0633. The van der Waals surface area contributed by atoms with Gasteiger partial charge in [-0.2, -0.15) is 5.10 Å². The second kappa shape index (κ2) is 5.21. The molecule has 0 saturated heterocycles. The molecule has 1 N–H and O–H groups in total. The summed E-state index contributed by atoms with van der Waals surface area (Å²) in [6.07, 6.45) is 3.58. The molecule has 2 aromatic rings. The largest absolute Gasteiger partial charge is 0.496 e. The van der Waals surface area contributed by atoms with Gasteiger partial charge in [0.25, 0.3) is 0 Å². The Balaban J connectivity index is 2.40. The monoisotopic (exact) mass is 252 g/mol. The Morgan fingerprint density at radius 2 is 2.29 bits per heavy atom. The molecule has 5 heteroatoms. The lowest BCUT2D eigenvalue weighted by Crippen LogP contribution is -2.01. The van der Waals surface area contributed by atoms with E-state index in [0.717, 1.165) is 16.9 Å². The number of rotatable bonds is 4. The fourth-order valence-electron chi connectivity index (χ4n) is 1.63. The SMILES string of the molecule is COc1ccc(Cl)cc1-c1cnn(CCO)c1. The summed E-state index contributed by atoms with van der Waals surface area (Å²) in [4.78, 5) is 0. The molecule has 0 fully saturated rings. The molecule has 0 bridgehead atoms. The standard InChI is InChI=1S/C12H13ClN2O2/c1-17-12-3-2-10(13)6-11(12)9-7-14-15(8-9)4-5-16/h2-3,6-8,16H,4-5H2,1H3. The van der Waals surface area contributed by atoms with Gasteiger partial charge < -0.3 is 9.84 Å². The number of nitrogens with zero attached hydrogens (tertiary/aromatic N) is 2. The molecule has 2 rings (SSSR count). The highest BCUT2D eigenvalue weighted by Crippen LogP contribution is 2.31. The van der Waals surface area contributed by atoms with Crippen LogP contribution in [0.2, 0.25) is 5.02 Å². The van der Waals surface area contributed by atoms with Crippen LogP contribution in [-0.4, -0.2) is 28.6 Å². The van der Waals surface area contributed by atoms with E-state index < -0.39 is 0 Å². The zero-order valence-electron chi connectivity index (χ0n) is 9.43. The summed E-state index contributed by atoms with van der Waals surface area (Å²) in [5.41, 5.74) is 1.81. The van der Waals surface area contributed by atoms with Crippen LogP contribution in [0.3, 0.4) is 0 Å². The first-order chi connectivity index (χ1) is 8.24. The van der Waals surface area contributed by atoms with E-state index >= 15 is 0 Å². The maximum Gasteiger partial charge on any atom is 0.126 e. The Bertz CT molecular complexity index is 511. The van der Waals surface area contributed by atoms with Gasteiger partial charge in [-0.15, -0.1) is 0 Å². The number of hydrogen-bond donors (Lipinski definition) is 1. The van der Waals surface area contributed by atoms with Crippen LogP contribution >= 0.6 is 11.6 Å². The van der Waals surface area contributed by atoms with Crippen molar-refractivity contribution in [2.24, 2.45) is 0 Å². The van der Waals surface area contributed by atoms with Crippen LogP contribution in [0.4, 0.5) is 0 Å². The molecule has 90 valence electrons. The van der Waals surface area contributed by atoms with Crippen molar-refractivity contribution in [1.82, 2.24) is 9.78 Å². The average molecular weight is 253 g/mol. The molecule has 1 aromatic heterocycles. The Morgan fingerprint density at radius 1 is 1.47 bits per heavy atom. The number of aromatic nitrogens is 2. The van der Waals surface area contributed by atoms with Crippen molar-refractivity contribution in [3.63, 3.8) is 0 Å². The Labute approximate surface area is 104 Å². The fourth-order valence-corrected chi connectivity index (χ4v) is 1.81. The zero-order chi connectivity index (χ0) is 12.3. The van der Waals surface area contributed by atoms with Crippen molar-refractivity contribution < 1.29 is 9.84 Å². The molecule has 0 spiro atoms. The Hall–Kier alpha value is -1.52. The van der Waals surface area contributed by atoms with Crippen LogP contribution in [0.5, 0.6) is 5.75 Å². The molecule has 0 aliphatic rings. The van der Waals surface area contributed by atoms with Crippen LogP contribution in [0.15, 0.2) is 30.6 Å². The number of benzene rings is 1. The predicted molar refractivity (Wildman–Crippen MR) is 66.3 cm³/mol. The molecule has 0 amide bonds. The predicted octanol–water partition coefficient (Wildman–Crippen LogP) is 2.20. The average Bonchev–Trinajstić information content (AvgIpc) is 2.78. The lowest BCUT2D eigenvalue weighted by atomic mass is 10.1. The van der Waals surface area contributed by atoms with Gasteiger partial charge in [-0.05, 0) is 18.2 Å². The van der Waals surface area contributed by atoms with Gasteiger partial charge in [-0.25, -0.2) is 0 Å². The molecule has 0 aliphatic carbocycles. The first kappa shape index (κ1) is 12.0. The van der Waals surface area contributed by atoms with Crippen LogP contribution in [0, 0.1) is 0 Å². The first-order valence-electron chi connectivity index (χ1n) is 5.22. The van der Waals surface area contributed by atoms with E-state index in [2.05, 4.69) is 5.10 Å². The molecule has 0 radical (unpaired) electrons. The highest BCUT2D eigenvalue weighted by Gasteiger charge is 2.08. The highest BCUT2D eigenvalue weighted by atomic mass is 35.5. The molecular weight excluding hydrogens is 240 g/mol. The number of aliphatic hydroxyl groups excluding tert-OH is 1. The van der Waals surface area contributed by atoms with E-state index in [1.165, 1.54) is 0 Å². The van der Waals surface area contributed by atoms with E-state index in [1.807, 2.05) is 18.3 Å². The maximum atomic E-state index is 8.84. The minimum atomic E-state index is 0.0633. The normalized spacial score (nSPS) is 10.5. The van der Waals surface area contributed by atoms with E-state index in [1.54, 1.807) is 24.1 Å². The van der Waals surface area contributed by atoms with Gasteiger partial charge in [0.1, 0.15) is 5.75 Å². The molecule has 0 saturated carbocycles. The first-order valence-corrected chi connectivity index (χ1v) is 5.59. The Kier molecular flexibility index (Phi) is 3.66. The van der Waals surface area contributed by atoms with Gasteiger partial charge in [0.15, 0.2) is 0 Å². The molecule has 4 nitrogen and oxygen atoms in total. The van der Waals surface area contributed by atoms with Crippen molar-refractivity contribution in [2.45, 2.75) is 6.54 Å². The summed E-state index contributed by atoms with van der Waals surface area (Å²) in [6, 6.07) is 5.43. The maximum absolute atomic E-state index is 8.84. The summed E-state index contributed by atoms with van der Waals surface area (Å²) >= 11 is 5.97. The van der Waals surface area contributed by atoms with Gasteiger partial charge in [0.2, 0.25) is 0 Å². The summed E-state index contributed by atoms with van der Waals surface area (Å²) in [5.74, 6) is 0.748. The quantitative estimate of drug-likeness (QED) is 0.908. The van der Waals surface area contributed by atoms with Crippen LogP contribution in [-0.2, 0) is 6.54 Å². The smallest absolute Gasteiger partial charge is 0.126 e. The van der Waals surface area contributed by atoms with Gasteiger partial charge in [0, 0.05) is 22.3 Å². The van der Waals surface area contributed by atoms with E-state index in [4.69, 9.17) is 21.4 Å². The number of methoxy groups -OCH3 is 1. The van der Waals surface area contributed by atoms with Crippen molar-refractivity contribution in [2.75, 3.05) is 13.7 Å². The topological polar surface area (TPSA) is 47.3 Å². The van der Waals surface area contributed by atoms with Gasteiger partial charge in [-0.1, -0.05) is 11.6 Å². The summed E-state index contributed by atoms with van der Waals surface area (Å²) in [5, 5.41) is 13.6. The molecule has 0 aliphatic heterocycles. The zero-order valence-corrected chi connectivity index (χ0v) is 10.2. The lowest BCUT2D eigenvalue weighted by molar-refractivity contribution is 0.269. The third-order valence-electron chi connectivity index (χ3n) is 2.43. The van der Waals surface area contributed by atoms with Crippen molar-refractivity contribution in [1.29, 1.82) is 0 Å². The number of ether oxygens (including phenoxy) is 1. The van der Waals surface area contributed by atoms with E-state index in [9.17, 15) is 0 Å². The van der Waals surface area contributed by atoms with Crippen molar-refractivity contribution >= 4 is 11.6 Å². The highest BCUT2D eigenvalue weighted by molar-refractivity contribution is 6.31. The van der Waals surface area contributed by atoms with Crippen LogP contribution in [0.25, 0.3) is 11.1 Å². The summed E-state index contributed by atoms with van der Waals surface area (Å²) < 4.78 is 6.96. The minimum Gasteiger partial charge on any atom is -0.496 e. The molecule has 1 heterocycles. The number of halogens is 1. The fraction of sp³-hybridized carbons (Fsp3) is 0.250. The number of aliphatic hydroxyl groups is 1. The van der Waals surface area contributed by atoms with Gasteiger partial charge >= 0.3 is 0 Å². The van der Waals surface area contributed by atoms with Crippen LogP contribution in [0.1, 0.15) is 0 Å². The number of hydrogen-bond acceptors (Lipinski definition) is 3. The molecule has 0 atom stereocenters. The molecule has 0 unspecified atom stereocenters. The third kappa shape index (κ3) is 2.60. The molecular formula is C12H13ClN2O2. The van der Waals surface area contributed by atoms with Gasteiger partial charge in [-0.3, -0.25) is 4.68 Å². The summed E-state index contributed by atoms with van der Waals surface area (Å²) in [6.45, 7) is 0.538.